The van der Waals surface area contributed by atoms with Crippen molar-refractivity contribution in [2.45, 2.75) is 125 Å². The third kappa shape index (κ3) is 3.46. The van der Waals surface area contributed by atoms with Gasteiger partial charge in [0.15, 0.2) is 0 Å². The molecule has 4 aliphatic rings. The smallest absolute Gasteiger partial charge is 0.0546 e. The van der Waals surface area contributed by atoms with Crippen LogP contribution >= 0.6 is 0 Å². The summed E-state index contributed by atoms with van der Waals surface area (Å²) in [7, 11) is 0. The highest BCUT2D eigenvalue weighted by Crippen LogP contribution is 2.68. The van der Waals surface area contributed by atoms with Gasteiger partial charge in [0.05, 0.1) is 6.10 Å². The summed E-state index contributed by atoms with van der Waals surface area (Å²) in [5.41, 5.74) is 5.00. The fourth-order valence-electron chi connectivity index (χ4n) is 8.81. The van der Waals surface area contributed by atoms with E-state index in [4.69, 9.17) is 0 Å². The quantitative estimate of drug-likeness (QED) is 0.465. The van der Waals surface area contributed by atoms with Gasteiger partial charge in [0, 0.05) is 0 Å². The zero-order valence-corrected chi connectivity index (χ0v) is 20.3. The minimum Gasteiger partial charge on any atom is -0.393 e. The van der Waals surface area contributed by atoms with Crippen LogP contribution in [0, 0.1) is 39.9 Å². The summed E-state index contributed by atoms with van der Waals surface area (Å²) in [6, 6.07) is 0. The first kappa shape index (κ1) is 21.9. The van der Waals surface area contributed by atoms with E-state index in [1.807, 2.05) is 11.1 Å². The second-order valence-electron chi connectivity index (χ2n) is 12.8. The van der Waals surface area contributed by atoms with E-state index in [1.165, 1.54) is 64.2 Å². The minimum atomic E-state index is -0.0633. The Bertz CT molecular complexity index is 647. The summed E-state index contributed by atoms with van der Waals surface area (Å²) < 4.78 is 0. The fourth-order valence-corrected chi connectivity index (χ4v) is 8.81. The van der Waals surface area contributed by atoms with Gasteiger partial charge in [-0.15, -0.1) is 0 Å². The molecule has 1 unspecified atom stereocenters. The maximum atomic E-state index is 10.4. The Morgan fingerprint density at radius 1 is 0.931 bits per heavy atom. The third-order valence-corrected chi connectivity index (χ3v) is 10.9. The number of allylic oxidation sites excluding steroid dienone is 2. The third-order valence-electron chi connectivity index (χ3n) is 10.9. The SMILES string of the molecule is CC(C)CCCC(C)[C@H]1CC[C@H]2C3=C(CC[C@]12C)[C@@]1(C)CC[C@@H](O)C[C@@]1(C)CC3. The molecule has 166 valence electrons. The van der Waals surface area contributed by atoms with Crippen molar-refractivity contribution in [3.63, 3.8) is 0 Å². The van der Waals surface area contributed by atoms with Gasteiger partial charge in [0.1, 0.15) is 0 Å². The van der Waals surface area contributed by atoms with Gasteiger partial charge < -0.3 is 5.11 Å². The molecule has 0 bridgehead atoms. The molecule has 0 aromatic heterocycles. The maximum absolute atomic E-state index is 10.4. The molecular formula is C28H48O. The molecule has 0 spiro atoms. The van der Waals surface area contributed by atoms with Crippen molar-refractivity contribution >= 4 is 0 Å². The van der Waals surface area contributed by atoms with Gasteiger partial charge in [0.25, 0.3) is 0 Å². The molecule has 0 heterocycles. The number of hydrogen-bond acceptors (Lipinski definition) is 1. The first-order valence-electron chi connectivity index (χ1n) is 13.0. The predicted molar refractivity (Wildman–Crippen MR) is 124 cm³/mol. The fraction of sp³-hybridized carbons (Fsp3) is 0.929. The molecule has 0 saturated heterocycles. The molecule has 7 atom stereocenters. The first-order valence-corrected chi connectivity index (χ1v) is 13.0. The van der Waals surface area contributed by atoms with Crippen LogP contribution in [0.3, 0.4) is 0 Å². The summed E-state index contributed by atoms with van der Waals surface area (Å²) in [5, 5.41) is 10.4. The van der Waals surface area contributed by atoms with Crippen LogP contribution < -0.4 is 0 Å². The van der Waals surface area contributed by atoms with Crippen molar-refractivity contribution in [2.75, 3.05) is 0 Å². The van der Waals surface area contributed by atoms with E-state index >= 15 is 0 Å². The van der Waals surface area contributed by atoms with Gasteiger partial charge in [-0.2, -0.15) is 0 Å². The van der Waals surface area contributed by atoms with Crippen LogP contribution in [-0.4, -0.2) is 11.2 Å². The van der Waals surface area contributed by atoms with Gasteiger partial charge >= 0.3 is 0 Å². The first-order chi connectivity index (χ1) is 13.6. The van der Waals surface area contributed by atoms with Crippen LogP contribution in [0.4, 0.5) is 0 Å². The van der Waals surface area contributed by atoms with Crippen LogP contribution in [0.15, 0.2) is 11.1 Å². The summed E-state index contributed by atoms with van der Waals surface area (Å²) in [6.07, 6.45) is 15.7. The summed E-state index contributed by atoms with van der Waals surface area (Å²) in [5.74, 6) is 3.53. The average Bonchev–Trinajstić information content (AvgIpc) is 2.99. The van der Waals surface area contributed by atoms with E-state index in [2.05, 4.69) is 41.5 Å². The number of fused-ring (bicyclic) bond motifs is 4. The topological polar surface area (TPSA) is 20.2 Å². The van der Waals surface area contributed by atoms with Gasteiger partial charge in [-0.25, -0.2) is 0 Å². The molecule has 1 N–H and O–H groups in total. The number of aliphatic hydroxyl groups is 1. The molecule has 1 heteroatoms. The zero-order valence-electron chi connectivity index (χ0n) is 20.3. The number of rotatable bonds is 5. The minimum absolute atomic E-state index is 0.0633. The van der Waals surface area contributed by atoms with Crippen molar-refractivity contribution in [3.05, 3.63) is 11.1 Å². The van der Waals surface area contributed by atoms with Crippen molar-refractivity contribution in [1.82, 2.24) is 0 Å². The second-order valence-corrected chi connectivity index (χ2v) is 12.8. The van der Waals surface area contributed by atoms with E-state index < -0.39 is 0 Å². The monoisotopic (exact) mass is 400 g/mol. The molecule has 0 aliphatic heterocycles. The Morgan fingerprint density at radius 3 is 2.41 bits per heavy atom. The lowest BCUT2D eigenvalue weighted by Crippen LogP contribution is -2.51. The van der Waals surface area contributed by atoms with Crippen molar-refractivity contribution in [1.29, 1.82) is 0 Å². The number of hydrogen-bond donors (Lipinski definition) is 1. The van der Waals surface area contributed by atoms with Gasteiger partial charge in [-0.1, -0.05) is 72.0 Å². The lowest BCUT2D eigenvalue weighted by atomic mass is 9.45. The summed E-state index contributed by atoms with van der Waals surface area (Å²) in [4.78, 5) is 0. The molecule has 2 fully saturated rings. The molecule has 2 saturated carbocycles. The van der Waals surface area contributed by atoms with Gasteiger partial charge in [0.2, 0.25) is 0 Å². The van der Waals surface area contributed by atoms with E-state index in [0.29, 0.717) is 16.2 Å². The maximum Gasteiger partial charge on any atom is 0.0546 e. The van der Waals surface area contributed by atoms with Crippen molar-refractivity contribution in [3.8, 4) is 0 Å². The zero-order chi connectivity index (χ0) is 21.0. The summed E-state index contributed by atoms with van der Waals surface area (Å²) in [6.45, 7) is 15.1. The van der Waals surface area contributed by atoms with E-state index in [9.17, 15) is 5.11 Å². The molecule has 0 radical (unpaired) electrons. The second kappa shape index (κ2) is 7.68. The molecule has 0 amide bonds. The Morgan fingerprint density at radius 2 is 1.69 bits per heavy atom. The molecule has 0 aromatic carbocycles. The Labute approximate surface area is 181 Å². The lowest BCUT2D eigenvalue weighted by Gasteiger charge is -2.60. The standard InChI is InChI=1S/C28H48O/c1-19(2)8-7-9-20(3)23-10-11-24-22-13-15-26(4)18-21(29)12-17-28(26,6)25(22)14-16-27(23,24)5/h19-21,23-24,29H,7-18H2,1-6H3/t20?,21-,23-,24+,26-,27-,28-/m1/s1. The Balaban J connectivity index is 1.56. The molecule has 29 heavy (non-hydrogen) atoms. The molecule has 1 nitrogen and oxygen atoms in total. The van der Waals surface area contributed by atoms with Gasteiger partial charge in [-0.05, 0) is 97.7 Å². The highest BCUT2D eigenvalue weighted by Gasteiger charge is 2.58. The van der Waals surface area contributed by atoms with Gasteiger partial charge in [-0.3, -0.25) is 0 Å². The molecule has 4 rings (SSSR count). The van der Waals surface area contributed by atoms with Crippen LogP contribution in [-0.2, 0) is 0 Å². The van der Waals surface area contributed by atoms with Crippen molar-refractivity contribution in [2.24, 2.45) is 39.9 Å². The Hall–Kier alpha value is -0.300. The number of aliphatic hydroxyl groups excluding tert-OH is 1. The van der Waals surface area contributed by atoms with E-state index in [-0.39, 0.29) is 6.10 Å². The molecule has 4 aliphatic carbocycles. The van der Waals surface area contributed by atoms with Crippen LogP contribution in [0.25, 0.3) is 0 Å². The van der Waals surface area contributed by atoms with Crippen LogP contribution in [0.1, 0.15) is 119 Å². The summed E-state index contributed by atoms with van der Waals surface area (Å²) >= 11 is 0. The highest BCUT2D eigenvalue weighted by atomic mass is 16.3. The van der Waals surface area contributed by atoms with Crippen molar-refractivity contribution < 1.29 is 5.11 Å². The Kier molecular flexibility index (Phi) is 5.81. The average molecular weight is 401 g/mol. The highest BCUT2D eigenvalue weighted by molar-refractivity contribution is 5.36. The lowest BCUT2D eigenvalue weighted by molar-refractivity contribution is -0.0483. The largest absolute Gasteiger partial charge is 0.393 e. The molecular weight excluding hydrogens is 352 g/mol. The predicted octanol–water partition coefficient (Wildman–Crippen LogP) is 7.92. The van der Waals surface area contributed by atoms with Crippen LogP contribution in [0.5, 0.6) is 0 Å². The molecule has 0 aromatic rings. The van der Waals surface area contributed by atoms with E-state index in [1.54, 1.807) is 0 Å². The van der Waals surface area contributed by atoms with E-state index in [0.717, 1.165) is 36.5 Å². The normalized spacial score (nSPS) is 45.7. The van der Waals surface area contributed by atoms with Crippen LogP contribution in [0.2, 0.25) is 0 Å².